The molecule has 0 rings (SSSR count). The van der Waals surface area contributed by atoms with Gasteiger partial charge < -0.3 is 19.4 Å². The molecule has 1 amide bonds. The minimum Gasteiger partial charge on any atom is -0.456 e. The van der Waals surface area contributed by atoms with Crippen LogP contribution in [0.2, 0.25) is 0 Å². The van der Waals surface area contributed by atoms with Crippen LogP contribution < -0.4 is 5.32 Å². The number of phosphoric acid groups is 1. The van der Waals surface area contributed by atoms with Crippen molar-refractivity contribution in [1.82, 2.24) is 5.32 Å². The highest BCUT2D eigenvalue weighted by Crippen LogP contribution is 2.43. The predicted octanol–water partition coefficient (Wildman–Crippen LogP) is 22.5. The number of likely N-dealkylation sites (N-methyl/N-ethyl adjacent to an activating group) is 1. The SMILES string of the molecule is CC/C=C\C/C=C\C/C=C\C/C=C\C/C=C\C/C=C\CCCCCCCCC(=O)NC(COP(=O)(O)OCC[N+](C)(C)C)C(/C=C/CCCCCCCCCCC)OC(=O)CCCCCCCCCCCCCCC/C=C\C/C=C\CCCCC. The number of rotatable bonds is 63. The van der Waals surface area contributed by atoms with E-state index in [1.54, 1.807) is 0 Å². The molecule has 0 radical (unpaired) electrons. The number of hydrogen-bond donors (Lipinski definition) is 2. The molecule has 85 heavy (non-hydrogen) atoms. The molecule has 0 bridgehead atoms. The van der Waals surface area contributed by atoms with Crippen molar-refractivity contribution in [2.45, 2.75) is 315 Å². The maximum Gasteiger partial charge on any atom is 0.472 e. The van der Waals surface area contributed by atoms with E-state index in [-0.39, 0.29) is 31.5 Å². The van der Waals surface area contributed by atoms with Crippen LogP contribution in [0.1, 0.15) is 303 Å². The predicted molar refractivity (Wildman–Crippen MR) is 369 cm³/mol. The topological polar surface area (TPSA) is 111 Å². The molecule has 3 unspecified atom stereocenters. The second-order valence-electron chi connectivity index (χ2n) is 24.7. The van der Waals surface area contributed by atoms with Crippen molar-refractivity contribution in [3.63, 3.8) is 0 Å². The molecule has 0 spiro atoms. The fraction of sp³-hybridized carbons (Fsp3) is 0.733. The quantitative estimate of drug-likeness (QED) is 0.0205. The van der Waals surface area contributed by atoms with E-state index in [4.69, 9.17) is 13.8 Å². The van der Waals surface area contributed by atoms with E-state index in [9.17, 15) is 19.0 Å². The van der Waals surface area contributed by atoms with Gasteiger partial charge in [-0.15, -0.1) is 0 Å². The summed E-state index contributed by atoms with van der Waals surface area (Å²) in [5.74, 6) is -0.522. The lowest BCUT2D eigenvalue weighted by atomic mass is 10.0. The molecule has 490 valence electrons. The lowest BCUT2D eigenvalue weighted by Gasteiger charge is -2.27. The second-order valence-corrected chi connectivity index (χ2v) is 26.1. The number of nitrogens with one attached hydrogen (secondary N) is 1. The monoisotopic (exact) mass is 1210 g/mol. The van der Waals surface area contributed by atoms with Crippen molar-refractivity contribution in [1.29, 1.82) is 0 Å². The standard InChI is InChI=1S/C75H133N2O7P/c1-7-10-13-16-19-22-25-27-29-31-33-35-37-38-40-41-43-45-47-49-52-55-58-61-64-67-74(78)76-72(71-83-85(80,81)82-70-69-77(4,5)6)73(66-63-60-57-54-51-24-21-18-15-12-9-3)84-75(79)68-65-62-59-56-53-50-48-46-44-42-39-36-34-32-30-28-26-23-20-17-14-11-8-2/h10,13,19-20,22-23,27-30,33,35,38,40,43,45,63,66,72-73H,7-9,11-12,14-18,21,24-26,31-32,34,36-37,39,41-42,44,46-62,64-65,67-71H2,1-6H3,(H-,76,78,80,81)/p+1/b13-10-,22-19-,23-20-,29-27-,30-28-,35-33-,40-38-,45-43-,66-63+. The smallest absolute Gasteiger partial charge is 0.456 e. The van der Waals surface area contributed by atoms with E-state index in [0.717, 1.165) is 128 Å². The Kier molecular flexibility index (Phi) is 61.2. The van der Waals surface area contributed by atoms with Crippen LogP contribution in [0.15, 0.2) is 109 Å². The first-order valence-corrected chi connectivity index (χ1v) is 36.7. The van der Waals surface area contributed by atoms with Gasteiger partial charge in [-0.25, -0.2) is 4.57 Å². The molecular weight excluding hydrogens is 1070 g/mol. The fourth-order valence-electron chi connectivity index (χ4n) is 9.80. The summed E-state index contributed by atoms with van der Waals surface area (Å²) in [7, 11) is 1.48. The first-order chi connectivity index (χ1) is 41.4. The lowest BCUT2D eigenvalue weighted by Crippen LogP contribution is -2.47. The molecule has 0 fully saturated rings. The minimum absolute atomic E-state index is 0.0324. The van der Waals surface area contributed by atoms with Crippen molar-refractivity contribution in [2.75, 3.05) is 40.9 Å². The molecule has 0 aromatic rings. The van der Waals surface area contributed by atoms with Crippen LogP contribution in [0, 0.1) is 0 Å². The summed E-state index contributed by atoms with van der Waals surface area (Å²) in [4.78, 5) is 37.9. The van der Waals surface area contributed by atoms with Gasteiger partial charge in [0.2, 0.25) is 5.91 Å². The molecule has 2 N–H and O–H groups in total. The normalized spacial score (nSPS) is 14.2. The van der Waals surface area contributed by atoms with Crippen molar-refractivity contribution >= 4 is 19.7 Å². The van der Waals surface area contributed by atoms with Gasteiger partial charge in [0, 0.05) is 12.8 Å². The van der Waals surface area contributed by atoms with Gasteiger partial charge in [0.05, 0.1) is 33.8 Å². The van der Waals surface area contributed by atoms with Gasteiger partial charge in [0.25, 0.3) is 0 Å². The summed E-state index contributed by atoms with van der Waals surface area (Å²) in [6.45, 7) is 6.87. The highest BCUT2D eigenvalue weighted by molar-refractivity contribution is 7.47. The molecule has 10 heteroatoms. The maximum atomic E-state index is 13.6. The second kappa shape index (κ2) is 63.7. The van der Waals surface area contributed by atoms with Crippen LogP contribution >= 0.6 is 7.82 Å². The fourth-order valence-corrected chi connectivity index (χ4v) is 10.5. The highest BCUT2D eigenvalue weighted by atomic mass is 31.2. The Morgan fingerprint density at radius 2 is 0.753 bits per heavy atom. The van der Waals surface area contributed by atoms with Crippen LogP contribution in [0.5, 0.6) is 0 Å². The average molecular weight is 1210 g/mol. The molecule has 0 aliphatic rings. The zero-order valence-electron chi connectivity index (χ0n) is 56.1. The Hall–Kier alpha value is -3.33. The van der Waals surface area contributed by atoms with Gasteiger partial charge in [0.1, 0.15) is 19.3 Å². The number of nitrogens with zero attached hydrogens (tertiary/aromatic N) is 1. The summed E-state index contributed by atoms with van der Waals surface area (Å²) in [5.41, 5.74) is 0. The largest absolute Gasteiger partial charge is 0.472 e. The van der Waals surface area contributed by atoms with Crippen LogP contribution in [-0.4, -0.2) is 74.3 Å². The van der Waals surface area contributed by atoms with E-state index in [0.29, 0.717) is 17.4 Å². The van der Waals surface area contributed by atoms with Gasteiger partial charge in [-0.2, -0.15) is 0 Å². The first kappa shape index (κ1) is 81.7. The number of esters is 1. The minimum atomic E-state index is -4.46. The maximum absolute atomic E-state index is 13.6. The van der Waals surface area contributed by atoms with Gasteiger partial charge in [0.15, 0.2) is 0 Å². The van der Waals surface area contributed by atoms with Crippen molar-refractivity contribution in [3.8, 4) is 0 Å². The van der Waals surface area contributed by atoms with Gasteiger partial charge in [-0.3, -0.25) is 18.6 Å². The number of carbonyl (C=O) groups is 2. The number of quaternary nitrogens is 1. The Morgan fingerprint density at radius 3 is 1.15 bits per heavy atom. The number of ether oxygens (including phenoxy) is 1. The van der Waals surface area contributed by atoms with Gasteiger partial charge in [-0.05, 0) is 115 Å². The molecule has 0 aromatic heterocycles. The molecule has 0 aliphatic heterocycles. The summed E-state index contributed by atoms with van der Waals surface area (Å²) in [5, 5.41) is 3.06. The van der Waals surface area contributed by atoms with E-state index in [1.165, 1.54) is 141 Å². The number of amides is 1. The molecule has 0 aliphatic carbocycles. The molecule has 9 nitrogen and oxygen atoms in total. The molecule has 0 saturated heterocycles. The van der Waals surface area contributed by atoms with Crippen LogP contribution in [-0.2, 0) is 27.9 Å². The van der Waals surface area contributed by atoms with E-state index >= 15 is 0 Å². The van der Waals surface area contributed by atoms with Crippen LogP contribution in [0.25, 0.3) is 0 Å². The Balaban J connectivity index is 5.08. The third-order valence-electron chi connectivity index (χ3n) is 15.2. The van der Waals surface area contributed by atoms with E-state index in [1.807, 2.05) is 33.3 Å². The van der Waals surface area contributed by atoms with E-state index < -0.39 is 20.0 Å². The number of phosphoric ester groups is 1. The van der Waals surface area contributed by atoms with Crippen molar-refractivity contribution < 1.29 is 37.3 Å². The number of hydrogen-bond acceptors (Lipinski definition) is 6. The molecule has 0 heterocycles. The zero-order chi connectivity index (χ0) is 62.1. The third kappa shape index (κ3) is 65.0. The molecule has 0 saturated carbocycles. The summed E-state index contributed by atoms with van der Waals surface area (Å²) < 4.78 is 30.8. The van der Waals surface area contributed by atoms with Crippen LogP contribution in [0.3, 0.4) is 0 Å². The van der Waals surface area contributed by atoms with Gasteiger partial charge >= 0.3 is 13.8 Å². The highest BCUT2D eigenvalue weighted by Gasteiger charge is 2.30. The third-order valence-corrected chi connectivity index (χ3v) is 16.2. The molecule has 0 aromatic carbocycles. The first-order valence-electron chi connectivity index (χ1n) is 35.2. The van der Waals surface area contributed by atoms with E-state index in [2.05, 4.69) is 123 Å². The Morgan fingerprint density at radius 1 is 0.424 bits per heavy atom. The van der Waals surface area contributed by atoms with Gasteiger partial charge in [-0.1, -0.05) is 285 Å². The Labute approximate surface area is 525 Å². The zero-order valence-corrected chi connectivity index (χ0v) is 57.0. The number of unbranched alkanes of at least 4 members (excludes halogenated alkanes) is 31. The number of carbonyl (C=O) groups excluding carboxylic acids is 2. The van der Waals surface area contributed by atoms with Crippen LogP contribution in [0.4, 0.5) is 0 Å². The molecular formula is C75H134N2O7P+. The van der Waals surface area contributed by atoms with Crippen molar-refractivity contribution in [2.24, 2.45) is 0 Å². The average Bonchev–Trinajstić information content (AvgIpc) is 3.64. The number of allylic oxidation sites excluding steroid dienone is 17. The summed E-state index contributed by atoms with van der Waals surface area (Å²) in [6.07, 6.45) is 88.1. The Bertz CT molecular complexity index is 1820. The molecule has 3 atom stereocenters. The van der Waals surface area contributed by atoms with Crippen molar-refractivity contribution in [3.05, 3.63) is 109 Å². The summed E-state index contributed by atoms with van der Waals surface area (Å²) >= 11 is 0. The summed E-state index contributed by atoms with van der Waals surface area (Å²) in [6, 6.07) is -0.864. The lowest BCUT2D eigenvalue weighted by molar-refractivity contribution is -0.870.